The highest BCUT2D eigenvalue weighted by Gasteiger charge is 2.56. The first-order valence-electron chi connectivity index (χ1n) is 9.45. The number of amides is 2. The Morgan fingerprint density at radius 2 is 1.70 bits per heavy atom. The third-order valence-electron chi connectivity index (χ3n) is 5.03. The van der Waals surface area contributed by atoms with Crippen LogP contribution in [0.25, 0.3) is 0 Å². The maximum absolute atomic E-state index is 13.0. The van der Waals surface area contributed by atoms with Crippen LogP contribution in [0, 0.1) is 12.3 Å². The Bertz CT molecular complexity index is 856. The number of para-hydroxylation sites is 3. The number of rotatable bonds is 7. The third kappa shape index (κ3) is 3.82. The Morgan fingerprint density at radius 1 is 1.00 bits per heavy atom. The number of ether oxygens (including phenoxy) is 1. The van der Waals surface area contributed by atoms with Gasteiger partial charge in [-0.25, -0.2) is 0 Å². The average Bonchev–Trinajstić information content (AvgIpc) is 3.47. The molecule has 0 aromatic heterocycles. The highest BCUT2D eigenvalue weighted by Crippen LogP contribution is 2.48. The van der Waals surface area contributed by atoms with Crippen molar-refractivity contribution in [1.29, 1.82) is 0 Å². The van der Waals surface area contributed by atoms with E-state index in [0.717, 1.165) is 23.2 Å². The molecule has 0 unspecified atom stereocenters. The van der Waals surface area contributed by atoms with Crippen LogP contribution < -0.4 is 15.4 Å². The van der Waals surface area contributed by atoms with E-state index in [1.54, 1.807) is 12.1 Å². The van der Waals surface area contributed by atoms with Crippen molar-refractivity contribution in [3.63, 3.8) is 0 Å². The highest BCUT2D eigenvalue weighted by atomic mass is 16.5. The second-order valence-electron chi connectivity index (χ2n) is 6.88. The van der Waals surface area contributed by atoms with E-state index in [1.165, 1.54) is 0 Å². The maximum Gasteiger partial charge on any atom is 0.240 e. The van der Waals surface area contributed by atoms with Gasteiger partial charge in [0.05, 0.1) is 12.3 Å². The number of hydrogen-bond acceptors (Lipinski definition) is 3. The number of aryl methyl sites for hydroxylation is 2. The Kier molecular flexibility index (Phi) is 5.49. The van der Waals surface area contributed by atoms with Crippen LogP contribution in [-0.4, -0.2) is 18.4 Å². The summed E-state index contributed by atoms with van der Waals surface area (Å²) >= 11 is 0. The Balaban J connectivity index is 1.77. The molecule has 0 aliphatic heterocycles. The molecule has 2 aromatic carbocycles. The second-order valence-corrected chi connectivity index (χ2v) is 6.88. The smallest absolute Gasteiger partial charge is 0.240 e. The van der Waals surface area contributed by atoms with Crippen LogP contribution in [0.5, 0.6) is 5.75 Å². The molecule has 5 nitrogen and oxygen atoms in total. The van der Waals surface area contributed by atoms with E-state index >= 15 is 0 Å². The molecule has 2 aromatic rings. The molecule has 142 valence electrons. The monoisotopic (exact) mass is 366 g/mol. The standard InChI is InChI=1S/C22H26N2O3/c1-4-16-10-8-9-15(3)19(16)24-21(26)22(13-14-22)20(25)23-17-11-6-7-12-18(17)27-5-2/h6-12H,4-5,13-14H2,1-3H3,(H,23,25)(H,24,26). The van der Waals surface area contributed by atoms with E-state index in [-0.39, 0.29) is 11.8 Å². The van der Waals surface area contributed by atoms with E-state index in [1.807, 2.05) is 44.2 Å². The zero-order chi connectivity index (χ0) is 19.4. The number of carbonyl (C=O) groups is 2. The summed E-state index contributed by atoms with van der Waals surface area (Å²) in [6.45, 7) is 6.41. The summed E-state index contributed by atoms with van der Waals surface area (Å²) in [4.78, 5) is 25.9. The predicted octanol–water partition coefficient (Wildman–Crippen LogP) is 4.31. The molecule has 1 aliphatic rings. The number of nitrogens with one attached hydrogen (secondary N) is 2. The first kappa shape index (κ1) is 19.0. The van der Waals surface area contributed by atoms with Crippen LogP contribution in [0.2, 0.25) is 0 Å². The van der Waals surface area contributed by atoms with Crippen molar-refractivity contribution < 1.29 is 14.3 Å². The fourth-order valence-corrected chi connectivity index (χ4v) is 3.21. The Labute approximate surface area is 160 Å². The zero-order valence-corrected chi connectivity index (χ0v) is 16.1. The van der Waals surface area contributed by atoms with Gasteiger partial charge in [0.15, 0.2) is 0 Å². The molecule has 0 heterocycles. The summed E-state index contributed by atoms with van der Waals surface area (Å²) in [5.41, 5.74) is 2.47. The number of anilines is 2. The lowest BCUT2D eigenvalue weighted by Crippen LogP contribution is -2.36. The van der Waals surface area contributed by atoms with Crippen molar-refractivity contribution in [2.75, 3.05) is 17.2 Å². The van der Waals surface area contributed by atoms with Crippen LogP contribution >= 0.6 is 0 Å². The van der Waals surface area contributed by atoms with Gasteiger partial charge in [-0.3, -0.25) is 9.59 Å². The third-order valence-corrected chi connectivity index (χ3v) is 5.03. The minimum atomic E-state index is -1.01. The molecular weight excluding hydrogens is 340 g/mol. The van der Waals surface area contributed by atoms with E-state index in [9.17, 15) is 9.59 Å². The van der Waals surface area contributed by atoms with E-state index < -0.39 is 5.41 Å². The maximum atomic E-state index is 13.0. The molecule has 0 spiro atoms. The predicted molar refractivity (Wildman–Crippen MR) is 107 cm³/mol. The highest BCUT2D eigenvalue weighted by molar-refractivity contribution is 6.17. The van der Waals surface area contributed by atoms with Gasteiger partial charge in [-0.1, -0.05) is 37.3 Å². The molecule has 2 amide bonds. The lowest BCUT2D eigenvalue weighted by Gasteiger charge is -2.19. The molecule has 1 aliphatic carbocycles. The normalized spacial score (nSPS) is 14.3. The van der Waals surface area contributed by atoms with Gasteiger partial charge in [-0.05, 0) is 56.4 Å². The second kappa shape index (κ2) is 7.82. The zero-order valence-electron chi connectivity index (χ0n) is 16.1. The van der Waals surface area contributed by atoms with Gasteiger partial charge in [-0.15, -0.1) is 0 Å². The molecule has 0 radical (unpaired) electrons. The molecule has 0 bridgehead atoms. The number of hydrogen-bond donors (Lipinski definition) is 2. The quantitative estimate of drug-likeness (QED) is 0.718. The van der Waals surface area contributed by atoms with Crippen molar-refractivity contribution in [1.82, 2.24) is 0 Å². The first-order chi connectivity index (χ1) is 13.0. The van der Waals surface area contributed by atoms with Crippen LogP contribution in [0.15, 0.2) is 42.5 Å². The van der Waals surface area contributed by atoms with Crippen molar-refractivity contribution >= 4 is 23.2 Å². The van der Waals surface area contributed by atoms with E-state index in [4.69, 9.17) is 4.74 Å². The molecule has 0 saturated heterocycles. The fourth-order valence-electron chi connectivity index (χ4n) is 3.21. The Morgan fingerprint density at radius 3 is 2.37 bits per heavy atom. The summed E-state index contributed by atoms with van der Waals surface area (Å²) in [6.07, 6.45) is 1.92. The number of benzene rings is 2. The van der Waals surface area contributed by atoms with Crippen molar-refractivity contribution in [2.24, 2.45) is 5.41 Å². The topological polar surface area (TPSA) is 67.4 Å². The van der Waals surface area contributed by atoms with Crippen LogP contribution in [0.3, 0.4) is 0 Å². The minimum Gasteiger partial charge on any atom is -0.492 e. The van der Waals surface area contributed by atoms with Gasteiger partial charge in [0, 0.05) is 5.69 Å². The van der Waals surface area contributed by atoms with Gasteiger partial charge in [0.2, 0.25) is 11.8 Å². The molecule has 5 heteroatoms. The van der Waals surface area contributed by atoms with Crippen LogP contribution in [0.1, 0.15) is 37.8 Å². The summed E-state index contributed by atoms with van der Waals surface area (Å²) in [5.74, 6) is 0.0911. The molecule has 0 atom stereocenters. The van der Waals surface area contributed by atoms with Gasteiger partial charge in [-0.2, -0.15) is 0 Å². The molecule has 2 N–H and O–H groups in total. The van der Waals surface area contributed by atoms with Crippen LogP contribution in [0.4, 0.5) is 11.4 Å². The van der Waals surface area contributed by atoms with Gasteiger partial charge < -0.3 is 15.4 Å². The number of carbonyl (C=O) groups excluding carboxylic acids is 2. The average molecular weight is 366 g/mol. The summed E-state index contributed by atoms with van der Waals surface area (Å²) in [6, 6.07) is 13.2. The molecule has 3 rings (SSSR count). The lowest BCUT2D eigenvalue weighted by molar-refractivity contribution is -0.131. The fraction of sp³-hybridized carbons (Fsp3) is 0.364. The lowest BCUT2D eigenvalue weighted by atomic mass is 10.0. The van der Waals surface area contributed by atoms with E-state index in [2.05, 4.69) is 17.6 Å². The van der Waals surface area contributed by atoms with Crippen molar-refractivity contribution in [3.05, 3.63) is 53.6 Å². The Hall–Kier alpha value is -2.82. The van der Waals surface area contributed by atoms with Crippen LogP contribution in [-0.2, 0) is 16.0 Å². The summed E-state index contributed by atoms with van der Waals surface area (Å²) in [5, 5.41) is 5.89. The van der Waals surface area contributed by atoms with Crippen molar-refractivity contribution in [3.8, 4) is 5.75 Å². The minimum absolute atomic E-state index is 0.238. The largest absolute Gasteiger partial charge is 0.492 e. The summed E-state index contributed by atoms with van der Waals surface area (Å²) < 4.78 is 5.56. The molecule has 1 fully saturated rings. The molecular formula is C22H26N2O3. The first-order valence-corrected chi connectivity index (χ1v) is 9.45. The molecule has 27 heavy (non-hydrogen) atoms. The van der Waals surface area contributed by atoms with Gasteiger partial charge in [0.25, 0.3) is 0 Å². The summed E-state index contributed by atoms with van der Waals surface area (Å²) in [7, 11) is 0. The van der Waals surface area contributed by atoms with Gasteiger partial charge >= 0.3 is 0 Å². The van der Waals surface area contributed by atoms with E-state index in [0.29, 0.717) is 30.9 Å². The SMILES string of the molecule is CCOc1ccccc1NC(=O)C1(C(=O)Nc2c(C)cccc2CC)CC1. The van der Waals surface area contributed by atoms with Crippen molar-refractivity contribution in [2.45, 2.75) is 40.0 Å². The molecule has 1 saturated carbocycles. The van der Waals surface area contributed by atoms with Gasteiger partial charge in [0.1, 0.15) is 11.2 Å².